The second-order valence-electron chi connectivity index (χ2n) is 9.95. The molecule has 11 heteroatoms. The van der Waals surface area contributed by atoms with Crippen LogP contribution < -0.4 is 4.90 Å². The molecular weight excluding hydrogens is 489 g/mol. The van der Waals surface area contributed by atoms with Crippen LogP contribution in [0.1, 0.15) is 71.8 Å². The van der Waals surface area contributed by atoms with Gasteiger partial charge in [-0.05, 0) is 44.6 Å². The summed E-state index contributed by atoms with van der Waals surface area (Å²) in [6.45, 7) is 0.133. The number of alkyl halides is 3. The highest BCUT2D eigenvalue weighted by molar-refractivity contribution is 5.84. The lowest BCUT2D eigenvalue weighted by Gasteiger charge is -2.39. The summed E-state index contributed by atoms with van der Waals surface area (Å²) in [5, 5.41) is 13.2. The highest BCUT2D eigenvalue weighted by Gasteiger charge is 2.43. The third-order valence-electron chi connectivity index (χ3n) is 7.53. The van der Waals surface area contributed by atoms with Crippen LogP contribution >= 0.6 is 0 Å². The Morgan fingerprint density at radius 2 is 1.81 bits per heavy atom. The molecule has 37 heavy (non-hydrogen) atoms. The minimum absolute atomic E-state index is 0.00233. The Balaban J connectivity index is 1.20. The van der Waals surface area contributed by atoms with Crippen LogP contribution in [0.3, 0.4) is 0 Å². The molecule has 8 nitrogen and oxygen atoms in total. The molecule has 2 aromatic heterocycles. The fourth-order valence-electron chi connectivity index (χ4n) is 5.68. The second kappa shape index (κ2) is 9.13. The molecule has 194 valence electrons. The smallest absolute Gasteiger partial charge is 0.417 e. The maximum absolute atomic E-state index is 13.7. The molecule has 6 rings (SSSR count). The number of nitrogens with zero attached hydrogens (tertiary/aromatic N) is 4. The largest absolute Gasteiger partial charge is 0.476 e. The van der Waals surface area contributed by atoms with Gasteiger partial charge in [0.15, 0.2) is 5.69 Å². The molecule has 2 saturated heterocycles. The quantitative estimate of drug-likeness (QED) is 0.445. The number of benzene rings is 1. The van der Waals surface area contributed by atoms with E-state index in [9.17, 15) is 18.0 Å². The number of piperidine rings is 1. The van der Waals surface area contributed by atoms with E-state index in [2.05, 4.69) is 20.0 Å². The van der Waals surface area contributed by atoms with Gasteiger partial charge in [-0.25, -0.2) is 14.8 Å². The first-order valence-corrected chi connectivity index (χ1v) is 12.4. The van der Waals surface area contributed by atoms with Gasteiger partial charge < -0.3 is 19.3 Å². The van der Waals surface area contributed by atoms with E-state index >= 15 is 0 Å². The van der Waals surface area contributed by atoms with Gasteiger partial charge in [0.1, 0.15) is 17.3 Å². The van der Waals surface area contributed by atoms with Gasteiger partial charge in [0.05, 0.1) is 30.7 Å². The highest BCUT2D eigenvalue weighted by atomic mass is 19.4. The number of aromatic nitrogens is 3. The van der Waals surface area contributed by atoms with E-state index < -0.39 is 17.7 Å². The predicted octanol–water partition coefficient (Wildman–Crippen LogP) is 5.44. The number of carboxylic acid groups (broad SMARTS) is 1. The number of hydrogen-bond acceptors (Lipinski definition) is 7. The fourth-order valence-corrected chi connectivity index (χ4v) is 5.68. The third-order valence-corrected chi connectivity index (χ3v) is 7.53. The van der Waals surface area contributed by atoms with Crippen LogP contribution in [0.4, 0.5) is 19.0 Å². The summed E-state index contributed by atoms with van der Waals surface area (Å²) in [7, 11) is 0. The van der Waals surface area contributed by atoms with E-state index in [1.54, 1.807) is 6.07 Å². The topological polar surface area (TPSA) is 102 Å². The van der Waals surface area contributed by atoms with Crippen molar-refractivity contribution >= 4 is 11.8 Å². The van der Waals surface area contributed by atoms with Crippen LogP contribution in [0.2, 0.25) is 0 Å². The monoisotopic (exact) mass is 514 g/mol. The van der Waals surface area contributed by atoms with Crippen molar-refractivity contribution in [2.24, 2.45) is 0 Å². The molecule has 0 unspecified atom stereocenters. The Kier molecular flexibility index (Phi) is 5.89. The number of halogens is 3. The molecule has 1 saturated carbocycles. The molecule has 0 spiro atoms. The molecule has 2 aliphatic heterocycles. The normalized spacial score (nSPS) is 23.4. The average Bonchev–Trinajstić information content (AvgIpc) is 3.58. The van der Waals surface area contributed by atoms with Crippen molar-refractivity contribution in [1.29, 1.82) is 0 Å². The number of rotatable bonds is 7. The Bertz CT molecular complexity index is 1290. The molecule has 1 aromatic carbocycles. The summed E-state index contributed by atoms with van der Waals surface area (Å²) < 4.78 is 53.1. The van der Waals surface area contributed by atoms with Gasteiger partial charge in [-0.1, -0.05) is 23.4 Å². The summed E-state index contributed by atoms with van der Waals surface area (Å²) in [5.74, 6) is 0.326. The van der Waals surface area contributed by atoms with Crippen LogP contribution in [-0.4, -0.2) is 44.4 Å². The molecule has 0 radical (unpaired) electrons. The van der Waals surface area contributed by atoms with Crippen LogP contribution in [0, 0.1) is 0 Å². The number of aromatic carboxylic acids is 1. The van der Waals surface area contributed by atoms with Crippen molar-refractivity contribution < 1.29 is 32.3 Å². The Morgan fingerprint density at radius 3 is 2.43 bits per heavy atom. The summed E-state index contributed by atoms with van der Waals surface area (Å²) in [6, 6.07) is 5.77. The summed E-state index contributed by atoms with van der Waals surface area (Å²) in [6.07, 6.45) is 3.41. The zero-order chi connectivity index (χ0) is 25.7. The van der Waals surface area contributed by atoms with E-state index in [1.165, 1.54) is 24.5 Å². The highest BCUT2D eigenvalue weighted by Crippen LogP contribution is 2.46. The van der Waals surface area contributed by atoms with Gasteiger partial charge in [-0.15, -0.1) is 0 Å². The van der Waals surface area contributed by atoms with Crippen molar-refractivity contribution in [1.82, 2.24) is 15.1 Å². The van der Waals surface area contributed by atoms with Crippen LogP contribution in [0.25, 0.3) is 11.3 Å². The molecule has 3 aromatic rings. The molecule has 0 amide bonds. The number of anilines is 1. The Labute approximate surface area is 210 Å². The summed E-state index contributed by atoms with van der Waals surface area (Å²) in [5.41, 5.74) is -0.0404. The van der Waals surface area contributed by atoms with Crippen LogP contribution in [-0.2, 0) is 17.5 Å². The SMILES string of the molecule is O=C(O)c1cnc(N2[C@@H]3CC[C@H]2C[C@H](OCc2c(-c4ccccc4C(F)(F)F)noc2C2CC2)C3)cn1. The van der Waals surface area contributed by atoms with Crippen molar-refractivity contribution in [2.75, 3.05) is 4.90 Å². The average molecular weight is 515 g/mol. The number of carboxylic acids is 1. The maximum Gasteiger partial charge on any atom is 0.417 e. The first-order valence-electron chi connectivity index (χ1n) is 12.4. The molecule has 3 aliphatic rings. The van der Waals surface area contributed by atoms with E-state index in [0.717, 1.165) is 44.6 Å². The van der Waals surface area contributed by atoms with Crippen molar-refractivity contribution in [3.05, 3.63) is 59.2 Å². The first kappa shape index (κ1) is 23.9. The van der Waals surface area contributed by atoms with Gasteiger partial charge in [0.25, 0.3) is 0 Å². The number of ether oxygens (including phenoxy) is 1. The number of fused-ring (bicyclic) bond motifs is 2. The van der Waals surface area contributed by atoms with Crippen molar-refractivity contribution in [3.63, 3.8) is 0 Å². The summed E-state index contributed by atoms with van der Waals surface area (Å²) in [4.78, 5) is 21.6. The Hall–Kier alpha value is -3.47. The number of carbonyl (C=O) groups is 1. The van der Waals surface area contributed by atoms with Crippen molar-refractivity contribution in [2.45, 2.75) is 75.4 Å². The molecule has 4 heterocycles. The molecule has 2 bridgehead atoms. The van der Waals surface area contributed by atoms with Crippen molar-refractivity contribution in [3.8, 4) is 11.3 Å². The molecule has 3 atom stereocenters. The molecular formula is C26H25F3N4O4. The van der Waals surface area contributed by atoms with Gasteiger partial charge in [-0.2, -0.15) is 13.2 Å². The minimum atomic E-state index is -4.51. The maximum atomic E-state index is 13.7. The number of hydrogen-bond donors (Lipinski definition) is 1. The minimum Gasteiger partial charge on any atom is -0.476 e. The first-order chi connectivity index (χ1) is 17.8. The lowest BCUT2D eigenvalue weighted by atomic mass is 9.98. The Morgan fingerprint density at radius 1 is 1.08 bits per heavy atom. The molecule has 1 aliphatic carbocycles. The van der Waals surface area contributed by atoms with E-state index in [4.69, 9.17) is 14.4 Å². The lowest BCUT2D eigenvalue weighted by Crippen LogP contribution is -2.46. The van der Waals surface area contributed by atoms with Crippen LogP contribution in [0.5, 0.6) is 0 Å². The zero-order valence-electron chi connectivity index (χ0n) is 19.8. The standard InChI is InChI=1S/C26H25F3N4O4/c27-26(28,29)20-4-2-1-3-18(20)23-19(24(37-32-23)14-5-6-14)13-36-17-9-15-7-8-16(10-17)33(15)22-12-30-21(11-31-22)25(34)35/h1-4,11-12,14-17H,5-10,13H2,(H,34,35)/t15-,16+,17-. The van der Waals surface area contributed by atoms with Gasteiger partial charge in [-0.3, -0.25) is 0 Å². The van der Waals surface area contributed by atoms with Gasteiger partial charge in [0, 0.05) is 29.1 Å². The van der Waals surface area contributed by atoms with Crippen LogP contribution in [0.15, 0.2) is 41.2 Å². The predicted molar refractivity (Wildman–Crippen MR) is 125 cm³/mol. The zero-order valence-corrected chi connectivity index (χ0v) is 19.8. The van der Waals surface area contributed by atoms with Gasteiger partial charge >= 0.3 is 12.1 Å². The van der Waals surface area contributed by atoms with Gasteiger partial charge in [0.2, 0.25) is 0 Å². The second-order valence-corrected chi connectivity index (χ2v) is 9.95. The van der Waals surface area contributed by atoms with E-state index in [1.807, 2.05) is 0 Å². The molecule has 3 fully saturated rings. The lowest BCUT2D eigenvalue weighted by molar-refractivity contribution is -0.137. The van der Waals surface area contributed by atoms with E-state index in [-0.39, 0.29) is 47.7 Å². The molecule has 1 N–H and O–H groups in total. The third kappa shape index (κ3) is 4.56. The summed E-state index contributed by atoms with van der Waals surface area (Å²) >= 11 is 0. The fraction of sp³-hybridized carbons (Fsp3) is 0.462. The van der Waals surface area contributed by atoms with E-state index in [0.29, 0.717) is 17.1 Å².